The van der Waals surface area contributed by atoms with Crippen LogP contribution in [0.15, 0.2) is 40.9 Å². The Morgan fingerprint density at radius 1 is 1.25 bits per heavy atom. The summed E-state index contributed by atoms with van der Waals surface area (Å²) in [6.45, 7) is 1.98. The number of nitrogen functional groups attached to an aromatic ring is 1. The quantitative estimate of drug-likeness (QED) is 0.914. The van der Waals surface area contributed by atoms with Gasteiger partial charge in [-0.2, -0.15) is 4.98 Å². The van der Waals surface area contributed by atoms with Gasteiger partial charge in [0.1, 0.15) is 11.6 Å². The third-order valence-electron chi connectivity index (χ3n) is 2.11. The number of hydrogen-bond donors (Lipinski definition) is 1. The minimum atomic E-state index is 0.449. The Bertz CT molecular complexity index is 514. The van der Waals surface area contributed by atoms with Crippen LogP contribution in [0.1, 0.15) is 5.56 Å². The summed E-state index contributed by atoms with van der Waals surface area (Å²) < 4.78 is 6.62. The van der Waals surface area contributed by atoms with Crippen LogP contribution in [0.3, 0.4) is 0 Å². The first kappa shape index (κ1) is 11.0. The third kappa shape index (κ3) is 2.52. The summed E-state index contributed by atoms with van der Waals surface area (Å²) in [4.78, 5) is 4.08. The summed E-state index contributed by atoms with van der Waals surface area (Å²) in [6, 6.07) is 11.2. The van der Waals surface area contributed by atoms with Gasteiger partial charge in [0.15, 0.2) is 0 Å². The number of hydrogen-bond acceptors (Lipinski definition) is 3. The molecule has 2 aromatic rings. The molecule has 0 radical (unpaired) electrons. The Balaban J connectivity index is 2.30. The molecular weight excluding hydrogens is 268 g/mol. The van der Waals surface area contributed by atoms with Gasteiger partial charge < -0.3 is 10.5 Å². The van der Waals surface area contributed by atoms with Crippen LogP contribution in [0, 0.1) is 6.92 Å². The third-order valence-corrected chi connectivity index (χ3v) is 2.60. The molecule has 2 rings (SSSR count). The molecule has 0 amide bonds. The van der Waals surface area contributed by atoms with Crippen LogP contribution in [0.4, 0.5) is 5.82 Å². The van der Waals surface area contributed by atoms with Crippen molar-refractivity contribution in [1.29, 1.82) is 0 Å². The van der Waals surface area contributed by atoms with E-state index in [1.165, 1.54) is 0 Å². The predicted octanol–water partition coefficient (Wildman–Crippen LogP) is 3.53. The van der Waals surface area contributed by atoms with Crippen molar-refractivity contribution in [2.24, 2.45) is 0 Å². The molecule has 0 fully saturated rings. The maximum Gasteiger partial charge on any atom is 0.221 e. The van der Waals surface area contributed by atoms with Crippen LogP contribution in [-0.2, 0) is 0 Å². The van der Waals surface area contributed by atoms with Gasteiger partial charge in [-0.1, -0.05) is 28.1 Å². The van der Waals surface area contributed by atoms with Crippen molar-refractivity contribution in [2.45, 2.75) is 6.92 Å². The largest absolute Gasteiger partial charge is 0.439 e. The Hall–Kier alpha value is -1.55. The molecule has 1 aromatic carbocycles. The fourth-order valence-electron chi connectivity index (χ4n) is 1.28. The van der Waals surface area contributed by atoms with Gasteiger partial charge in [0, 0.05) is 10.5 Å². The molecule has 1 aromatic heterocycles. The lowest BCUT2D eigenvalue weighted by molar-refractivity contribution is 0.460. The van der Waals surface area contributed by atoms with E-state index in [4.69, 9.17) is 10.5 Å². The number of halogens is 1. The van der Waals surface area contributed by atoms with Gasteiger partial charge in [-0.25, -0.2) is 0 Å². The van der Waals surface area contributed by atoms with Crippen molar-refractivity contribution >= 4 is 21.7 Å². The first-order chi connectivity index (χ1) is 7.65. The maximum absolute atomic E-state index is 5.65. The van der Waals surface area contributed by atoms with Crippen molar-refractivity contribution in [3.05, 3.63) is 46.4 Å². The van der Waals surface area contributed by atoms with Gasteiger partial charge in [0.2, 0.25) is 5.88 Å². The van der Waals surface area contributed by atoms with Crippen LogP contribution in [0.25, 0.3) is 0 Å². The highest BCUT2D eigenvalue weighted by molar-refractivity contribution is 9.10. The molecule has 0 aliphatic carbocycles. The monoisotopic (exact) mass is 278 g/mol. The molecule has 0 saturated carbocycles. The van der Waals surface area contributed by atoms with Crippen LogP contribution in [-0.4, -0.2) is 4.98 Å². The average molecular weight is 279 g/mol. The van der Waals surface area contributed by atoms with Gasteiger partial charge in [0.25, 0.3) is 0 Å². The molecular formula is C12H11BrN2O. The van der Waals surface area contributed by atoms with Gasteiger partial charge in [-0.3, -0.25) is 0 Å². The fraction of sp³-hybridized carbons (Fsp3) is 0.0833. The minimum Gasteiger partial charge on any atom is -0.439 e. The smallest absolute Gasteiger partial charge is 0.221 e. The van der Waals surface area contributed by atoms with Gasteiger partial charge in [-0.05, 0) is 30.7 Å². The zero-order chi connectivity index (χ0) is 11.5. The number of nitrogens with two attached hydrogens (primary N) is 1. The Labute approximate surface area is 102 Å². The standard InChI is InChI=1S/C12H11BrN2O/c1-8-5-6-9(13)7-10(8)16-12-4-2-3-11(14)15-12/h2-7H,1H3,(H2,14,15). The number of aromatic nitrogens is 1. The van der Waals surface area contributed by atoms with Crippen molar-refractivity contribution in [1.82, 2.24) is 4.98 Å². The molecule has 3 nitrogen and oxygen atoms in total. The highest BCUT2D eigenvalue weighted by atomic mass is 79.9. The topological polar surface area (TPSA) is 48.1 Å². The second kappa shape index (κ2) is 4.53. The number of rotatable bonds is 2. The maximum atomic E-state index is 5.65. The summed E-state index contributed by atoms with van der Waals surface area (Å²) >= 11 is 3.40. The predicted molar refractivity (Wildman–Crippen MR) is 67.6 cm³/mol. The van der Waals surface area contributed by atoms with Crippen LogP contribution >= 0.6 is 15.9 Å². The lowest BCUT2D eigenvalue weighted by atomic mass is 10.2. The zero-order valence-corrected chi connectivity index (χ0v) is 10.4. The number of ether oxygens (including phenoxy) is 1. The van der Waals surface area contributed by atoms with E-state index in [1.54, 1.807) is 12.1 Å². The normalized spacial score (nSPS) is 10.1. The molecule has 2 N–H and O–H groups in total. The minimum absolute atomic E-state index is 0.449. The van der Waals surface area contributed by atoms with Crippen molar-refractivity contribution in [3.8, 4) is 11.6 Å². The molecule has 82 valence electrons. The highest BCUT2D eigenvalue weighted by Gasteiger charge is 2.03. The van der Waals surface area contributed by atoms with E-state index in [1.807, 2.05) is 31.2 Å². The average Bonchev–Trinajstić information content (AvgIpc) is 2.24. The molecule has 0 bridgehead atoms. The summed E-state index contributed by atoms with van der Waals surface area (Å²) in [5, 5.41) is 0. The molecule has 0 aliphatic heterocycles. The lowest BCUT2D eigenvalue weighted by Gasteiger charge is -2.08. The van der Waals surface area contributed by atoms with Gasteiger partial charge in [-0.15, -0.1) is 0 Å². The van der Waals surface area contributed by atoms with E-state index in [2.05, 4.69) is 20.9 Å². The molecule has 16 heavy (non-hydrogen) atoms. The van der Waals surface area contributed by atoms with E-state index in [-0.39, 0.29) is 0 Å². The molecule has 4 heteroatoms. The number of aryl methyl sites for hydroxylation is 1. The number of nitrogens with zero attached hydrogens (tertiary/aromatic N) is 1. The highest BCUT2D eigenvalue weighted by Crippen LogP contribution is 2.27. The first-order valence-corrected chi connectivity index (χ1v) is 5.61. The number of pyridine rings is 1. The summed E-state index contributed by atoms with van der Waals surface area (Å²) in [6.07, 6.45) is 0. The van der Waals surface area contributed by atoms with Crippen molar-refractivity contribution < 1.29 is 4.74 Å². The first-order valence-electron chi connectivity index (χ1n) is 4.82. The second-order valence-corrected chi connectivity index (χ2v) is 4.33. The SMILES string of the molecule is Cc1ccc(Br)cc1Oc1cccc(N)n1. The Morgan fingerprint density at radius 2 is 2.06 bits per heavy atom. The van der Waals surface area contributed by atoms with Crippen LogP contribution in [0.2, 0.25) is 0 Å². The Morgan fingerprint density at radius 3 is 2.81 bits per heavy atom. The molecule has 0 unspecified atom stereocenters. The molecule has 1 heterocycles. The van der Waals surface area contributed by atoms with E-state index in [0.717, 1.165) is 15.8 Å². The number of benzene rings is 1. The second-order valence-electron chi connectivity index (χ2n) is 3.41. The van der Waals surface area contributed by atoms with Crippen LogP contribution in [0.5, 0.6) is 11.6 Å². The van der Waals surface area contributed by atoms with Gasteiger partial charge >= 0.3 is 0 Å². The number of anilines is 1. The van der Waals surface area contributed by atoms with E-state index in [9.17, 15) is 0 Å². The van der Waals surface area contributed by atoms with E-state index in [0.29, 0.717) is 11.7 Å². The van der Waals surface area contributed by atoms with Gasteiger partial charge in [0.05, 0.1) is 0 Å². The van der Waals surface area contributed by atoms with Crippen LogP contribution < -0.4 is 10.5 Å². The fourth-order valence-corrected chi connectivity index (χ4v) is 1.62. The van der Waals surface area contributed by atoms with E-state index >= 15 is 0 Å². The Kier molecular flexibility index (Phi) is 3.10. The lowest BCUT2D eigenvalue weighted by Crippen LogP contribution is -1.94. The molecule has 0 spiro atoms. The molecule has 0 saturated heterocycles. The summed E-state index contributed by atoms with van der Waals surface area (Å²) in [5.41, 5.74) is 6.63. The summed E-state index contributed by atoms with van der Waals surface area (Å²) in [7, 11) is 0. The zero-order valence-electron chi connectivity index (χ0n) is 8.77. The van der Waals surface area contributed by atoms with Crippen molar-refractivity contribution in [2.75, 3.05) is 5.73 Å². The van der Waals surface area contributed by atoms with Crippen molar-refractivity contribution in [3.63, 3.8) is 0 Å². The van der Waals surface area contributed by atoms with E-state index < -0.39 is 0 Å². The summed E-state index contributed by atoms with van der Waals surface area (Å²) in [5.74, 6) is 1.72. The molecule has 0 atom stereocenters. The molecule has 0 aliphatic rings.